The number of unbranched alkanes of at least 4 members (excludes halogenated alkanes) is 1. The van der Waals surface area contributed by atoms with E-state index in [1.807, 2.05) is 35.2 Å². The SMILES string of the molecule is CCCCC(CC)CN1C(=O)C(c2ccccc2)NC1C. The molecule has 0 saturated carbocycles. The predicted molar refractivity (Wildman–Crippen MR) is 86.8 cm³/mol. The molecule has 116 valence electrons. The van der Waals surface area contributed by atoms with Gasteiger partial charge >= 0.3 is 0 Å². The average Bonchev–Trinajstić information content (AvgIpc) is 2.79. The molecular formula is C18H28N2O. The fourth-order valence-electron chi connectivity index (χ4n) is 3.09. The standard InChI is InChI=1S/C18H28N2O/c1-4-6-10-15(5-2)13-20-14(3)19-17(18(20)21)16-11-8-7-9-12-16/h7-9,11-12,14-15,17,19H,4-6,10,13H2,1-3H3. The second-order valence-corrected chi connectivity index (χ2v) is 6.09. The van der Waals surface area contributed by atoms with Gasteiger partial charge in [-0.1, -0.05) is 63.4 Å². The first kappa shape index (κ1) is 16.0. The highest BCUT2D eigenvalue weighted by Gasteiger charge is 2.37. The molecule has 1 aliphatic heterocycles. The summed E-state index contributed by atoms with van der Waals surface area (Å²) < 4.78 is 0. The molecule has 21 heavy (non-hydrogen) atoms. The molecule has 1 amide bonds. The molecule has 3 heteroatoms. The highest BCUT2D eigenvalue weighted by atomic mass is 16.2. The van der Waals surface area contributed by atoms with Gasteiger partial charge in [0.25, 0.3) is 0 Å². The monoisotopic (exact) mass is 288 g/mol. The van der Waals surface area contributed by atoms with Gasteiger partial charge in [0, 0.05) is 6.54 Å². The summed E-state index contributed by atoms with van der Waals surface area (Å²) >= 11 is 0. The van der Waals surface area contributed by atoms with Crippen LogP contribution >= 0.6 is 0 Å². The quantitative estimate of drug-likeness (QED) is 0.829. The highest BCUT2D eigenvalue weighted by Crippen LogP contribution is 2.26. The van der Waals surface area contributed by atoms with Crippen LogP contribution in [0.5, 0.6) is 0 Å². The molecule has 1 fully saturated rings. The number of hydrogen-bond donors (Lipinski definition) is 1. The van der Waals surface area contributed by atoms with Gasteiger partial charge in [0.2, 0.25) is 5.91 Å². The lowest BCUT2D eigenvalue weighted by Crippen LogP contribution is -2.38. The summed E-state index contributed by atoms with van der Waals surface area (Å²) in [7, 11) is 0. The fraction of sp³-hybridized carbons (Fsp3) is 0.611. The van der Waals surface area contributed by atoms with Gasteiger partial charge in [-0.3, -0.25) is 10.1 Å². The van der Waals surface area contributed by atoms with Crippen molar-refractivity contribution in [2.45, 2.75) is 58.7 Å². The van der Waals surface area contributed by atoms with E-state index >= 15 is 0 Å². The van der Waals surface area contributed by atoms with Crippen molar-refractivity contribution in [2.24, 2.45) is 5.92 Å². The topological polar surface area (TPSA) is 32.3 Å². The normalized spacial score (nSPS) is 23.6. The first-order chi connectivity index (χ1) is 10.2. The second-order valence-electron chi connectivity index (χ2n) is 6.09. The predicted octanol–water partition coefficient (Wildman–Crippen LogP) is 3.72. The third kappa shape index (κ3) is 3.85. The Balaban J connectivity index is 2.02. The molecule has 3 unspecified atom stereocenters. The smallest absolute Gasteiger partial charge is 0.245 e. The molecule has 2 rings (SSSR count). The molecule has 0 bridgehead atoms. The summed E-state index contributed by atoms with van der Waals surface area (Å²) in [6.07, 6.45) is 4.97. The molecule has 3 nitrogen and oxygen atoms in total. The summed E-state index contributed by atoms with van der Waals surface area (Å²) in [6.45, 7) is 7.43. The maximum Gasteiger partial charge on any atom is 0.245 e. The first-order valence-corrected chi connectivity index (χ1v) is 8.28. The zero-order valence-electron chi connectivity index (χ0n) is 13.5. The van der Waals surface area contributed by atoms with E-state index in [1.165, 1.54) is 19.3 Å². The maximum absolute atomic E-state index is 12.7. The summed E-state index contributed by atoms with van der Waals surface area (Å²) in [4.78, 5) is 14.7. The molecule has 0 spiro atoms. The lowest BCUT2D eigenvalue weighted by atomic mass is 9.98. The Morgan fingerprint density at radius 1 is 1.24 bits per heavy atom. The third-order valence-electron chi connectivity index (χ3n) is 4.54. The molecule has 1 aromatic carbocycles. The van der Waals surface area contributed by atoms with Crippen LogP contribution in [0.4, 0.5) is 0 Å². The van der Waals surface area contributed by atoms with Crippen LogP contribution in [0, 0.1) is 5.92 Å². The van der Waals surface area contributed by atoms with Crippen molar-refractivity contribution in [3.63, 3.8) is 0 Å². The number of hydrogen-bond acceptors (Lipinski definition) is 2. The van der Waals surface area contributed by atoms with Gasteiger partial charge in [-0.05, 0) is 24.8 Å². The molecule has 1 saturated heterocycles. The zero-order chi connectivity index (χ0) is 15.2. The minimum Gasteiger partial charge on any atom is -0.325 e. The van der Waals surface area contributed by atoms with E-state index in [-0.39, 0.29) is 18.1 Å². The van der Waals surface area contributed by atoms with Gasteiger partial charge in [-0.2, -0.15) is 0 Å². The lowest BCUT2D eigenvalue weighted by molar-refractivity contribution is -0.130. The van der Waals surface area contributed by atoms with Crippen LogP contribution in [0.2, 0.25) is 0 Å². The number of amides is 1. The Labute approximate surface area is 128 Å². The molecule has 3 atom stereocenters. The number of benzene rings is 1. The Hall–Kier alpha value is -1.35. The Kier molecular flexibility index (Phi) is 5.80. The van der Waals surface area contributed by atoms with E-state index in [2.05, 4.69) is 26.1 Å². The van der Waals surface area contributed by atoms with Gasteiger partial charge in [-0.25, -0.2) is 0 Å². The average molecular weight is 288 g/mol. The van der Waals surface area contributed by atoms with Gasteiger partial charge < -0.3 is 4.90 Å². The minimum absolute atomic E-state index is 0.124. The van der Waals surface area contributed by atoms with Crippen molar-refractivity contribution in [3.8, 4) is 0 Å². The Morgan fingerprint density at radius 3 is 2.57 bits per heavy atom. The molecule has 0 aliphatic carbocycles. The summed E-state index contributed by atoms with van der Waals surface area (Å²) in [5, 5.41) is 3.43. The number of nitrogens with one attached hydrogen (secondary N) is 1. The number of carbonyl (C=O) groups excluding carboxylic acids is 1. The van der Waals surface area contributed by atoms with Gasteiger partial charge in [-0.15, -0.1) is 0 Å². The van der Waals surface area contributed by atoms with Crippen LogP contribution in [0.3, 0.4) is 0 Å². The van der Waals surface area contributed by atoms with Crippen molar-refractivity contribution in [2.75, 3.05) is 6.54 Å². The molecule has 1 aromatic rings. The van der Waals surface area contributed by atoms with Crippen molar-refractivity contribution in [1.29, 1.82) is 0 Å². The van der Waals surface area contributed by atoms with Crippen molar-refractivity contribution in [1.82, 2.24) is 10.2 Å². The maximum atomic E-state index is 12.7. The summed E-state index contributed by atoms with van der Waals surface area (Å²) in [6, 6.07) is 9.86. The first-order valence-electron chi connectivity index (χ1n) is 8.28. The molecule has 0 radical (unpaired) electrons. The number of rotatable bonds is 7. The third-order valence-corrected chi connectivity index (χ3v) is 4.54. The van der Waals surface area contributed by atoms with E-state index < -0.39 is 0 Å². The van der Waals surface area contributed by atoms with E-state index in [4.69, 9.17) is 0 Å². The Bertz CT molecular complexity index is 446. The Morgan fingerprint density at radius 2 is 1.95 bits per heavy atom. The number of carbonyl (C=O) groups is 1. The van der Waals surface area contributed by atoms with E-state index in [0.717, 1.165) is 18.5 Å². The van der Waals surface area contributed by atoms with E-state index in [9.17, 15) is 4.79 Å². The highest BCUT2D eigenvalue weighted by molar-refractivity contribution is 5.85. The van der Waals surface area contributed by atoms with Crippen LogP contribution < -0.4 is 5.32 Å². The van der Waals surface area contributed by atoms with E-state index in [0.29, 0.717) is 5.92 Å². The van der Waals surface area contributed by atoms with Crippen LogP contribution in [0.1, 0.15) is 58.1 Å². The second kappa shape index (κ2) is 7.60. The molecule has 1 heterocycles. The summed E-state index contributed by atoms with van der Waals surface area (Å²) in [5.74, 6) is 0.844. The zero-order valence-corrected chi connectivity index (χ0v) is 13.5. The lowest BCUT2D eigenvalue weighted by Gasteiger charge is -2.26. The molecule has 1 N–H and O–H groups in total. The van der Waals surface area contributed by atoms with Gasteiger partial charge in [0.05, 0.1) is 6.17 Å². The largest absolute Gasteiger partial charge is 0.325 e. The van der Waals surface area contributed by atoms with Gasteiger partial charge in [0.15, 0.2) is 0 Å². The van der Waals surface area contributed by atoms with Gasteiger partial charge in [0.1, 0.15) is 6.04 Å². The molecule has 1 aliphatic rings. The van der Waals surface area contributed by atoms with E-state index in [1.54, 1.807) is 0 Å². The fourth-order valence-corrected chi connectivity index (χ4v) is 3.09. The van der Waals surface area contributed by atoms with Crippen LogP contribution in [-0.4, -0.2) is 23.5 Å². The van der Waals surface area contributed by atoms with Crippen molar-refractivity contribution >= 4 is 5.91 Å². The minimum atomic E-state index is -0.176. The molecule has 0 aromatic heterocycles. The van der Waals surface area contributed by atoms with Crippen molar-refractivity contribution < 1.29 is 4.79 Å². The van der Waals surface area contributed by atoms with Crippen LogP contribution in [0.25, 0.3) is 0 Å². The van der Waals surface area contributed by atoms with Crippen LogP contribution in [-0.2, 0) is 4.79 Å². The van der Waals surface area contributed by atoms with Crippen molar-refractivity contribution in [3.05, 3.63) is 35.9 Å². The summed E-state index contributed by atoms with van der Waals surface area (Å²) in [5.41, 5.74) is 1.07. The van der Waals surface area contributed by atoms with Crippen LogP contribution in [0.15, 0.2) is 30.3 Å². The molecular weight excluding hydrogens is 260 g/mol. The number of nitrogens with zero attached hydrogens (tertiary/aromatic N) is 1.